The Morgan fingerprint density at radius 3 is 1.04 bits per heavy atom. The number of halogens is 4. The van der Waals surface area contributed by atoms with E-state index in [1.54, 1.807) is 80.2 Å². The van der Waals surface area contributed by atoms with E-state index in [-0.39, 0.29) is 44.5 Å². The maximum atomic E-state index is 15.8. The summed E-state index contributed by atoms with van der Waals surface area (Å²) in [5.74, 6) is -5.42. The Balaban J connectivity index is 1.07. The minimum atomic E-state index is -1.21. The van der Waals surface area contributed by atoms with Gasteiger partial charge in [0.2, 0.25) is 0 Å². The Kier molecular flexibility index (Phi) is 30.4. The Bertz CT molecular complexity index is 6520. The molecule has 0 saturated carbocycles. The number of unbranched alkanes of at least 4 members (excludes halogenated alkanes) is 14. The highest BCUT2D eigenvalue weighted by molar-refractivity contribution is 7.30. The van der Waals surface area contributed by atoms with E-state index in [1.807, 2.05) is 12.1 Å². The van der Waals surface area contributed by atoms with Crippen molar-refractivity contribution >= 4 is 123 Å². The number of ketones is 2. The molecule has 0 aliphatic heterocycles. The molecule has 2 unspecified atom stereocenters. The van der Waals surface area contributed by atoms with Gasteiger partial charge >= 0.3 is 0 Å². The monoisotopic (exact) mass is 1920 g/mol. The molecule has 8 nitrogen and oxygen atoms in total. The molecule has 18 heteroatoms. The molecule has 17 rings (SSSR count). The summed E-state index contributed by atoms with van der Waals surface area (Å²) in [5.41, 5.74) is 11.7. The van der Waals surface area contributed by atoms with Crippen LogP contribution in [0.15, 0.2) is 180 Å². The number of Topliss-reactive ketones (excluding diaryl/α,β-unsaturated/α-hetero) is 2. The normalized spacial score (nSPS) is 15.5. The molecule has 0 saturated heterocycles. The maximum absolute atomic E-state index is 15.8. The van der Waals surface area contributed by atoms with Gasteiger partial charge in [0.15, 0.2) is 45.0 Å². The van der Waals surface area contributed by atoms with Gasteiger partial charge < -0.3 is 9.47 Å². The fourth-order valence-corrected chi connectivity index (χ4v) is 28.7. The Morgan fingerprint density at radius 1 is 0.397 bits per heavy atom. The zero-order chi connectivity index (χ0) is 95.1. The van der Waals surface area contributed by atoms with Crippen molar-refractivity contribution in [3.63, 3.8) is 0 Å². The predicted molar refractivity (Wildman–Crippen MR) is 559 cm³/mol. The van der Waals surface area contributed by atoms with Crippen LogP contribution < -0.4 is 9.47 Å². The van der Waals surface area contributed by atoms with Crippen molar-refractivity contribution in [2.24, 2.45) is 11.8 Å². The lowest BCUT2D eigenvalue weighted by atomic mass is 9.65. The van der Waals surface area contributed by atoms with E-state index < -0.39 is 57.1 Å². The summed E-state index contributed by atoms with van der Waals surface area (Å²) in [6.45, 7) is 35.9. The molecular formula is C118H114F4N4O4S6. The summed E-state index contributed by atoms with van der Waals surface area (Å²) in [5, 5.41) is 25.4. The summed E-state index contributed by atoms with van der Waals surface area (Å²) in [7, 11) is 0. The van der Waals surface area contributed by atoms with E-state index in [2.05, 4.69) is 199 Å². The lowest BCUT2D eigenvalue weighted by molar-refractivity contribution is 0.103. The molecule has 0 bridgehead atoms. The summed E-state index contributed by atoms with van der Waals surface area (Å²) in [6, 6.07) is 58.1. The van der Waals surface area contributed by atoms with Gasteiger partial charge in [0, 0.05) is 84.2 Å². The van der Waals surface area contributed by atoms with Crippen LogP contribution in [0.4, 0.5) is 17.6 Å². The number of thiophene rings is 6. The highest BCUT2D eigenvalue weighted by Crippen LogP contribution is 2.71. The molecule has 6 heterocycles. The molecule has 13 aromatic rings. The zero-order valence-corrected chi connectivity index (χ0v) is 83.8. The van der Waals surface area contributed by atoms with Crippen LogP contribution in [0.25, 0.3) is 93.6 Å². The van der Waals surface area contributed by atoms with Crippen molar-refractivity contribution in [3.05, 3.63) is 325 Å². The van der Waals surface area contributed by atoms with Crippen LogP contribution >= 0.6 is 68.0 Å². The summed E-state index contributed by atoms with van der Waals surface area (Å²) in [4.78, 5) is 45.3. The van der Waals surface area contributed by atoms with Gasteiger partial charge in [-0.3, -0.25) is 9.59 Å². The number of hydrogen-bond acceptors (Lipinski definition) is 12. The van der Waals surface area contributed by atoms with Crippen LogP contribution in [0, 0.1) is 70.9 Å². The molecule has 4 aliphatic carbocycles. The number of carbonyl (C=O) groups is 2. The second-order valence-corrected chi connectivity index (χ2v) is 43.4. The van der Waals surface area contributed by atoms with Gasteiger partial charge in [-0.15, -0.1) is 45.3 Å². The fraction of sp³-hybridized carbons (Fsp3) is 0.356. The fourth-order valence-electron chi connectivity index (χ4n) is 21.2. The minimum Gasteiger partial charge on any atom is -0.484 e. The Morgan fingerprint density at radius 2 is 0.728 bits per heavy atom. The molecule has 0 spiro atoms. The number of aryl methyl sites for hydroxylation is 4. The van der Waals surface area contributed by atoms with Crippen molar-refractivity contribution in [2.75, 3.05) is 13.2 Å². The predicted octanol–water partition coefficient (Wildman–Crippen LogP) is 35.5. The average Bonchev–Trinajstić information content (AvgIpc) is 1.48. The van der Waals surface area contributed by atoms with E-state index in [0.717, 1.165) is 319 Å². The molecule has 7 aromatic carbocycles. The third-order valence-corrected chi connectivity index (χ3v) is 35.2. The number of nitriles is 2. The van der Waals surface area contributed by atoms with E-state index in [1.165, 1.54) is 22.3 Å². The van der Waals surface area contributed by atoms with Crippen molar-refractivity contribution in [2.45, 2.75) is 246 Å². The van der Waals surface area contributed by atoms with Crippen LogP contribution in [0.5, 0.6) is 10.1 Å². The topological polar surface area (TPSA) is 109 Å². The number of allylic oxidation sites excluding steroid dienone is 6. The lowest BCUT2D eigenvalue weighted by Gasteiger charge is -2.35. The third-order valence-electron chi connectivity index (χ3n) is 28.3. The number of hydrogen-bond donors (Lipinski definition) is 0. The average molecular weight is 1920 g/mol. The van der Waals surface area contributed by atoms with Crippen LogP contribution in [0.1, 0.15) is 318 Å². The quantitative estimate of drug-likeness (QED) is 0.0124. The first-order chi connectivity index (χ1) is 66.4. The molecule has 0 radical (unpaired) electrons. The lowest BCUT2D eigenvalue weighted by Crippen LogP contribution is -2.29. The van der Waals surface area contributed by atoms with Gasteiger partial charge in [-0.2, -0.15) is 0 Å². The van der Waals surface area contributed by atoms with Gasteiger partial charge in [-0.25, -0.2) is 37.8 Å². The zero-order valence-electron chi connectivity index (χ0n) is 78.9. The summed E-state index contributed by atoms with van der Waals surface area (Å²) < 4.78 is 79.4. The van der Waals surface area contributed by atoms with Gasteiger partial charge in [-0.05, 0) is 227 Å². The molecule has 0 fully saturated rings. The van der Waals surface area contributed by atoms with Crippen LogP contribution in [-0.4, -0.2) is 24.8 Å². The van der Waals surface area contributed by atoms with Gasteiger partial charge in [0.25, 0.3) is 11.4 Å². The van der Waals surface area contributed by atoms with Crippen molar-refractivity contribution in [1.82, 2.24) is 0 Å². The Labute approximate surface area is 822 Å². The van der Waals surface area contributed by atoms with Gasteiger partial charge in [0.05, 0.1) is 68.8 Å². The van der Waals surface area contributed by atoms with Crippen molar-refractivity contribution in [1.29, 1.82) is 10.5 Å². The van der Waals surface area contributed by atoms with Crippen molar-refractivity contribution < 1.29 is 36.6 Å². The first-order valence-corrected chi connectivity index (χ1v) is 54.1. The number of fused-ring (bicyclic) bond motifs is 12. The smallest absolute Gasteiger partial charge is 0.270 e. The number of ether oxygens (including phenoxy) is 2. The molecule has 2 atom stereocenters. The minimum absolute atomic E-state index is 0.000240. The largest absolute Gasteiger partial charge is 0.484 e. The molecule has 694 valence electrons. The summed E-state index contributed by atoms with van der Waals surface area (Å²) >= 11 is 10.00. The van der Waals surface area contributed by atoms with E-state index in [0.29, 0.717) is 34.8 Å². The standard InChI is InChI=1S/C118H114F4N4O4S6/c1-11-19-25-29-39-73-43-33-47-77(55-73)117(78-48-34-44-74(56-78)40-30-26-20-12-2)89-61-81(59-87-101(95(67-123)125-9)83-63-91(119)93(121)65-85(83)109(87)127)131-111(89)115-107(117)105-103(97-51-53-99(133-97)129-69-71(17-7)37-23-15-5)114-106(104(113(105)135-115)98-52-54-100(134-98)130-70-72(18-8)38-24-16-6)108-116(136-114)112-90(62-82(132-112)60-88-102(96(68-124)126-10)84-64-92(120)94(122)66-86(84)110(88)128)118(108,79-49-35-45-75(57-79)41-31-27-21-13-3)80-50-36-46-76(58-80)42-32-28-22-14-4/h33-36,43-66,71-72H,11-32,37-42,69-70H2,1-8H3/b87-59-,88-60-,101-95-,102-96+. The number of rotatable bonds is 42. The summed E-state index contributed by atoms with van der Waals surface area (Å²) in [6.07, 6.45) is 32.1. The number of nitrogens with zero attached hydrogens (tertiary/aromatic N) is 4. The van der Waals surface area contributed by atoms with Gasteiger partial charge in [0.1, 0.15) is 0 Å². The first-order valence-electron chi connectivity index (χ1n) is 49.2. The molecule has 6 aromatic heterocycles. The maximum Gasteiger partial charge on any atom is 0.270 e. The number of carbonyl (C=O) groups excluding carboxylic acids is 2. The van der Waals surface area contributed by atoms with E-state index in [9.17, 15) is 10.5 Å². The molecule has 0 N–H and O–H groups in total. The van der Waals surface area contributed by atoms with Crippen LogP contribution in [0.2, 0.25) is 0 Å². The number of benzene rings is 7. The second-order valence-electron chi connectivity index (χ2n) is 37.1. The van der Waals surface area contributed by atoms with E-state index >= 15 is 27.2 Å². The highest BCUT2D eigenvalue weighted by atomic mass is 32.1. The SMILES string of the molecule is [C-]#[N+]/C(C#N)=C1\C(=C\c2cc3c(s2)-c2sc4c(-c5ccc(OCC(CC)CCCC)s5)c5c6c(sc5c(-c5ccc(OCC(CC)CCCC)s5)c4c2C3(c2cccc(CCCCCC)c2)c2cccc(CCCCCC)c2)-c2sc(/C=C3\C(=O)c4cc(F)c(F)cc4\C3=C(\C#N)[N+]#[C-])cc2C6(c2cccc(CCCCCC)c2)c2cccc(CCCCCC)c2)C(=O)c2cc(F)c(F)cc21. The van der Waals surface area contributed by atoms with E-state index in [4.69, 9.17) is 22.6 Å². The Hall–Kier alpha value is -11.2. The molecular weight excluding hydrogens is 1810 g/mol. The van der Waals surface area contributed by atoms with Gasteiger partial charge in [-0.1, -0.05) is 291 Å². The first kappa shape index (κ1) is 96.5. The van der Waals surface area contributed by atoms with Crippen LogP contribution in [-0.2, 0) is 36.5 Å². The molecule has 0 amide bonds. The third kappa shape index (κ3) is 18.2. The molecule has 4 aliphatic rings. The second kappa shape index (κ2) is 42.8. The highest BCUT2D eigenvalue weighted by Gasteiger charge is 2.55. The molecule has 136 heavy (non-hydrogen) atoms. The van der Waals surface area contributed by atoms with Crippen molar-refractivity contribution in [3.8, 4) is 62.7 Å². The van der Waals surface area contributed by atoms with Crippen LogP contribution in [0.3, 0.4) is 0 Å².